The van der Waals surface area contributed by atoms with Crippen molar-refractivity contribution >= 4 is 14.0 Å². The lowest BCUT2D eigenvalue weighted by atomic mass is 10.1. The molecule has 0 nitrogen and oxygen atoms in total. The minimum Gasteiger partial charge on any atom is -0.0677 e. The molecular formula is C13H21Si. The Kier molecular flexibility index (Phi) is 4.95. The number of benzene rings is 1. The fraction of sp³-hybridized carbons (Fsp3) is 0.538. The third-order valence-electron chi connectivity index (χ3n) is 2.77. The van der Waals surface area contributed by atoms with Crippen LogP contribution in [-0.4, -0.2) is 8.80 Å². The summed E-state index contributed by atoms with van der Waals surface area (Å²) in [6, 6.07) is 11.8. The maximum atomic E-state index is 2.35. The maximum absolute atomic E-state index is 2.35. The molecule has 0 unspecified atom stereocenters. The number of rotatable bonds is 5. The van der Waals surface area contributed by atoms with Crippen molar-refractivity contribution < 1.29 is 0 Å². The molecule has 0 aliphatic rings. The Labute approximate surface area is 90.0 Å². The lowest BCUT2D eigenvalue weighted by Gasteiger charge is -2.15. The van der Waals surface area contributed by atoms with Crippen LogP contribution < -0.4 is 5.19 Å². The maximum Gasteiger partial charge on any atom is 0.0854 e. The predicted octanol–water partition coefficient (Wildman–Crippen LogP) is 3.38. The molecule has 0 bridgehead atoms. The molecule has 1 aromatic rings. The second kappa shape index (κ2) is 6.02. The lowest BCUT2D eigenvalue weighted by Crippen LogP contribution is -2.31. The van der Waals surface area contributed by atoms with Gasteiger partial charge in [0, 0.05) is 0 Å². The van der Waals surface area contributed by atoms with E-state index in [0.29, 0.717) is 0 Å². The summed E-state index contributed by atoms with van der Waals surface area (Å²) in [5.41, 5.74) is 1.60. The largest absolute Gasteiger partial charge is 0.0854 e. The van der Waals surface area contributed by atoms with E-state index in [1.54, 1.807) is 10.8 Å². The Morgan fingerprint density at radius 1 is 1.00 bits per heavy atom. The SMILES string of the molecule is CCCc1ccccc1[Si](CC)CC. The Morgan fingerprint density at radius 3 is 2.21 bits per heavy atom. The van der Waals surface area contributed by atoms with E-state index >= 15 is 0 Å². The lowest BCUT2D eigenvalue weighted by molar-refractivity contribution is 0.926. The molecule has 0 saturated heterocycles. The van der Waals surface area contributed by atoms with Gasteiger partial charge in [-0.15, -0.1) is 0 Å². The first-order chi connectivity index (χ1) is 6.83. The molecule has 1 rings (SSSR count). The van der Waals surface area contributed by atoms with Crippen molar-refractivity contribution in [1.29, 1.82) is 0 Å². The first-order valence-electron chi connectivity index (χ1n) is 5.76. The van der Waals surface area contributed by atoms with E-state index in [-0.39, 0.29) is 8.80 Å². The molecule has 0 fully saturated rings. The Balaban J connectivity index is 2.92. The Bertz CT molecular complexity index is 264. The van der Waals surface area contributed by atoms with Crippen LogP contribution in [0.1, 0.15) is 32.8 Å². The van der Waals surface area contributed by atoms with Crippen LogP contribution >= 0.6 is 0 Å². The highest BCUT2D eigenvalue weighted by atomic mass is 28.3. The normalized spacial score (nSPS) is 10.9. The van der Waals surface area contributed by atoms with Crippen LogP contribution in [0.25, 0.3) is 0 Å². The van der Waals surface area contributed by atoms with Crippen LogP contribution in [0.15, 0.2) is 24.3 Å². The second-order valence-corrected chi connectivity index (χ2v) is 6.88. The van der Waals surface area contributed by atoms with Gasteiger partial charge in [0.2, 0.25) is 0 Å². The molecule has 0 N–H and O–H groups in total. The average Bonchev–Trinajstić information content (AvgIpc) is 2.23. The van der Waals surface area contributed by atoms with E-state index in [1.165, 1.54) is 24.9 Å². The number of aryl methyl sites for hydroxylation is 1. The molecule has 1 heteroatoms. The van der Waals surface area contributed by atoms with Gasteiger partial charge in [-0.3, -0.25) is 0 Å². The molecule has 0 saturated carbocycles. The molecule has 0 aliphatic carbocycles. The molecule has 1 radical (unpaired) electrons. The zero-order valence-corrected chi connectivity index (χ0v) is 10.6. The van der Waals surface area contributed by atoms with Crippen LogP contribution in [0, 0.1) is 0 Å². The predicted molar refractivity (Wildman–Crippen MR) is 66.8 cm³/mol. The standard InChI is InChI=1S/C13H21Si/c1-4-9-12-10-7-8-11-13(12)14(5-2)6-3/h7-8,10-11H,4-6,9H2,1-3H3. The van der Waals surface area contributed by atoms with Gasteiger partial charge in [-0.25, -0.2) is 0 Å². The number of hydrogen-bond acceptors (Lipinski definition) is 0. The molecule has 1 aromatic carbocycles. The summed E-state index contributed by atoms with van der Waals surface area (Å²) in [7, 11) is -0.253. The first kappa shape index (κ1) is 11.5. The van der Waals surface area contributed by atoms with Crippen molar-refractivity contribution in [3.05, 3.63) is 29.8 Å². The minimum atomic E-state index is -0.253. The van der Waals surface area contributed by atoms with Crippen LogP contribution in [0.2, 0.25) is 12.1 Å². The second-order valence-electron chi connectivity index (χ2n) is 3.72. The van der Waals surface area contributed by atoms with E-state index in [9.17, 15) is 0 Å². The topological polar surface area (TPSA) is 0 Å². The van der Waals surface area contributed by atoms with E-state index in [4.69, 9.17) is 0 Å². The van der Waals surface area contributed by atoms with Crippen LogP contribution in [-0.2, 0) is 6.42 Å². The first-order valence-corrected chi connectivity index (χ1v) is 7.67. The summed E-state index contributed by atoms with van der Waals surface area (Å²) >= 11 is 0. The number of hydrogen-bond donors (Lipinski definition) is 0. The van der Waals surface area contributed by atoms with Crippen molar-refractivity contribution in [1.82, 2.24) is 0 Å². The Morgan fingerprint density at radius 2 is 1.64 bits per heavy atom. The highest BCUT2D eigenvalue weighted by Gasteiger charge is 2.12. The summed E-state index contributed by atoms with van der Waals surface area (Å²) in [5.74, 6) is 0. The minimum absolute atomic E-state index is 0.253. The van der Waals surface area contributed by atoms with Gasteiger partial charge < -0.3 is 0 Å². The molecule has 0 heterocycles. The highest BCUT2D eigenvalue weighted by molar-refractivity contribution is 6.73. The van der Waals surface area contributed by atoms with Crippen molar-refractivity contribution in [2.24, 2.45) is 0 Å². The van der Waals surface area contributed by atoms with Gasteiger partial charge >= 0.3 is 0 Å². The van der Waals surface area contributed by atoms with Crippen molar-refractivity contribution in [2.45, 2.75) is 45.7 Å². The highest BCUT2D eigenvalue weighted by Crippen LogP contribution is 2.06. The van der Waals surface area contributed by atoms with Gasteiger partial charge in [-0.2, -0.15) is 0 Å². The van der Waals surface area contributed by atoms with E-state index in [0.717, 1.165) is 0 Å². The molecule has 77 valence electrons. The fourth-order valence-corrected chi connectivity index (χ4v) is 4.24. The van der Waals surface area contributed by atoms with Crippen LogP contribution in [0.5, 0.6) is 0 Å². The summed E-state index contributed by atoms with van der Waals surface area (Å²) < 4.78 is 0. The smallest absolute Gasteiger partial charge is 0.0677 e. The van der Waals surface area contributed by atoms with Gasteiger partial charge in [0.05, 0.1) is 8.80 Å². The summed E-state index contributed by atoms with van der Waals surface area (Å²) in [4.78, 5) is 0. The molecule has 14 heavy (non-hydrogen) atoms. The van der Waals surface area contributed by atoms with Gasteiger partial charge in [-0.1, -0.05) is 68.7 Å². The Hall–Kier alpha value is -0.563. The zero-order chi connectivity index (χ0) is 10.4. The zero-order valence-electron chi connectivity index (χ0n) is 9.64. The molecule has 0 amide bonds. The van der Waals surface area contributed by atoms with Gasteiger partial charge in [0.25, 0.3) is 0 Å². The quantitative estimate of drug-likeness (QED) is 0.647. The molecule has 0 atom stereocenters. The molecular weight excluding hydrogens is 184 g/mol. The van der Waals surface area contributed by atoms with E-state index in [1.807, 2.05) is 0 Å². The van der Waals surface area contributed by atoms with Gasteiger partial charge in [0.15, 0.2) is 0 Å². The van der Waals surface area contributed by atoms with Crippen LogP contribution in [0.4, 0.5) is 0 Å². The summed E-state index contributed by atoms with van der Waals surface area (Å²) in [6.07, 6.45) is 2.52. The van der Waals surface area contributed by atoms with Crippen LogP contribution in [0.3, 0.4) is 0 Å². The summed E-state index contributed by atoms with van der Waals surface area (Å²) in [5, 5.41) is 1.68. The monoisotopic (exact) mass is 205 g/mol. The van der Waals surface area contributed by atoms with E-state index in [2.05, 4.69) is 45.0 Å². The van der Waals surface area contributed by atoms with E-state index < -0.39 is 0 Å². The van der Waals surface area contributed by atoms with Gasteiger partial charge in [0.1, 0.15) is 0 Å². The van der Waals surface area contributed by atoms with Crippen molar-refractivity contribution in [3.8, 4) is 0 Å². The fourth-order valence-electron chi connectivity index (χ4n) is 1.98. The molecule has 0 aliphatic heterocycles. The molecule has 0 aromatic heterocycles. The third-order valence-corrected chi connectivity index (χ3v) is 5.73. The van der Waals surface area contributed by atoms with Gasteiger partial charge in [-0.05, 0) is 12.0 Å². The average molecular weight is 205 g/mol. The van der Waals surface area contributed by atoms with Crippen molar-refractivity contribution in [3.63, 3.8) is 0 Å². The van der Waals surface area contributed by atoms with Crippen molar-refractivity contribution in [2.75, 3.05) is 0 Å². The summed E-state index contributed by atoms with van der Waals surface area (Å²) in [6.45, 7) is 6.93. The third kappa shape index (κ3) is 2.71. The molecule has 0 spiro atoms.